The van der Waals surface area contributed by atoms with E-state index >= 15 is 0 Å². The molecule has 0 bridgehead atoms. The van der Waals surface area contributed by atoms with E-state index in [0.29, 0.717) is 16.2 Å². The zero-order valence-electron chi connectivity index (χ0n) is 11.4. The number of carbonyl (C=O) groups is 1. The summed E-state index contributed by atoms with van der Waals surface area (Å²) in [6.45, 7) is 1.84. The number of carbonyl (C=O) groups excluding carboxylic acids is 1. The van der Waals surface area contributed by atoms with Gasteiger partial charge in [0.25, 0.3) is 5.91 Å². The Balaban J connectivity index is 1.83. The minimum Gasteiger partial charge on any atom is -0.483 e. The van der Waals surface area contributed by atoms with Crippen molar-refractivity contribution in [3.8, 4) is 5.75 Å². The second-order valence-corrected chi connectivity index (χ2v) is 6.72. The van der Waals surface area contributed by atoms with Crippen LogP contribution in [-0.2, 0) is 4.79 Å². The molecule has 0 aliphatic carbocycles. The Kier molecular flexibility index (Phi) is 6.22. The number of hydrogen-bond donors (Lipinski definition) is 1. The minimum atomic E-state index is -0.367. The van der Waals surface area contributed by atoms with Crippen molar-refractivity contribution in [3.63, 3.8) is 0 Å². The SMILES string of the molecule is Cc1ccc(OCC(=O)N/N=C\c2cc(Br)c(Br)o2)c(Br)c1. The molecule has 5 nitrogen and oxygen atoms in total. The Labute approximate surface area is 152 Å². The Morgan fingerprint density at radius 1 is 1.32 bits per heavy atom. The van der Waals surface area contributed by atoms with E-state index in [-0.39, 0.29) is 12.5 Å². The molecule has 1 aromatic heterocycles. The van der Waals surface area contributed by atoms with Crippen LogP contribution < -0.4 is 10.2 Å². The van der Waals surface area contributed by atoms with Gasteiger partial charge in [0.15, 0.2) is 11.3 Å². The standard InChI is InChI=1S/C14H11Br3N2O3/c1-8-2-3-12(10(15)4-8)21-7-13(20)19-18-6-9-5-11(16)14(17)22-9/h2-6H,7H2,1H3,(H,19,20)/b18-6-. The highest BCUT2D eigenvalue weighted by Gasteiger charge is 2.06. The first-order valence-corrected chi connectivity index (χ1v) is 8.49. The Morgan fingerprint density at radius 3 is 2.73 bits per heavy atom. The van der Waals surface area contributed by atoms with Gasteiger partial charge >= 0.3 is 0 Å². The van der Waals surface area contributed by atoms with Gasteiger partial charge in [0.2, 0.25) is 0 Å². The van der Waals surface area contributed by atoms with Crippen molar-refractivity contribution in [3.05, 3.63) is 49.2 Å². The fraction of sp³-hybridized carbons (Fsp3) is 0.143. The van der Waals surface area contributed by atoms with E-state index in [1.165, 1.54) is 6.21 Å². The molecule has 0 unspecified atom stereocenters. The molecular formula is C14H11Br3N2O3. The molecule has 1 aromatic carbocycles. The van der Waals surface area contributed by atoms with Gasteiger partial charge in [0, 0.05) is 6.07 Å². The van der Waals surface area contributed by atoms with E-state index < -0.39 is 0 Å². The van der Waals surface area contributed by atoms with E-state index in [0.717, 1.165) is 14.5 Å². The van der Waals surface area contributed by atoms with Crippen LogP contribution in [0, 0.1) is 6.92 Å². The maximum absolute atomic E-state index is 11.6. The number of rotatable bonds is 5. The van der Waals surface area contributed by atoms with Crippen molar-refractivity contribution in [2.45, 2.75) is 6.92 Å². The first-order valence-electron chi connectivity index (χ1n) is 6.11. The normalized spacial score (nSPS) is 10.9. The molecule has 1 amide bonds. The van der Waals surface area contributed by atoms with Crippen molar-refractivity contribution >= 4 is 59.9 Å². The molecule has 22 heavy (non-hydrogen) atoms. The lowest BCUT2D eigenvalue weighted by molar-refractivity contribution is -0.123. The van der Waals surface area contributed by atoms with Gasteiger partial charge in [-0.05, 0) is 72.4 Å². The van der Waals surface area contributed by atoms with Gasteiger partial charge in [0.1, 0.15) is 11.5 Å². The topological polar surface area (TPSA) is 63.8 Å². The molecule has 8 heteroatoms. The first kappa shape index (κ1) is 17.2. The summed E-state index contributed by atoms with van der Waals surface area (Å²) >= 11 is 9.88. The zero-order valence-corrected chi connectivity index (χ0v) is 16.2. The maximum Gasteiger partial charge on any atom is 0.277 e. The summed E-state index contributed by atoms with van der Waals surface area (Å²) in [5.41, 5.74) is 3.46. The average Bonchev–Trinajstić information content (AvgIpc) is 2.76. The van der Waals surface area contributed by atoms with Crippen LogP contribution in [-0.4, -0.2) is 18.7 Å². The van der Waals surface area contributed by atoms with E-state index in [9.17, 15) is 4.79 Å². The predicted molar refractivity (Wildman–Crippen MR) is 94.2 cm³/mol. The van der Waals surface area contributed by atoms with Gasteiger partial charge in [-0.1, -0.05) is 6.07 Å². The van der Waals surface area contributed by atoms with Gasteiger partial charge in [-0.3, -0.25) is 4.79 Å². The highest BCUT2D eigenvalue weighted by atomic mass is 79.9. The summed E-state index contributed by atoms with van der Waals surface area (Å²) < 4.78 is 12.8. The summed E-state index contributed by atoms with van der Waals surface area (Å²) in [5, 5.41) is 3.79. The van der Waals surface area contributed by atoms with Crippen LogP contribution in [0.2, 0.25) is 0 Å². The molecule has 2 aromatic rings. The van der Waals surface area contributed by atoms with Crippen molar-refractivity contribution in [1.29, 1.82) is 0 Å². The van der Waals surface area contributed by atoms with E-state index in [1.807, 2.05) is 19.1 Å². The van der Waals surface area contributed by atoms with Crippen molar-refractivity contribution in [2.75, 3.05) is 6.61 Å². The van der Waals surface area contributed by atoms with Gasteiger partial charge in [-0.15, -0.1) is 0 Å². The number of nitrogens with one attached hydrogen (secondary N) is 1. The minimum absolute atomic E-state index is 0.134. The highest BCUT2D eigenvalue weighted by molar-refractivity contribution is 9.13. The molecule has 0 saturated heterocycles. The van der Waals surface area contributed by atoms with E-state index in [2.05, 4.69) is 58.3 Å². The van der Waals surface area contributed by atoms with Crippen LogP contribution in [0.5, 0.6) is 5.75 Å². The summed E-state index contributed by atoms with van der Waals surface area (Å²) in [4.78, 5) is 11.6. The van der Waals surface area contributed by atoms with Crippen molar-refractivity contribution < 1.29 is 13.9 Å². The number of ether oxygens (including phenoxy) is 1. The number of benzene rings is 1. The van der Waals surface area contributed by atoms with Crippen LogP contribution in [0.1, 0.15) is 11.3 Å². The summed E-state index contributed by atoms with van der Waals surface area (Å²) in [6.07, 6.45) is 1.40. The number of furan rings is 1. The molecule has 0 saturated carbocycles. The fourth-order valence-corrected chi connectivity index (χ4v) is 2.71. The Bertz CT molecular complexity index is 694. The molecule has 1 N–H and O–H groups in total. The van der Waals surface area contributed by atoms with Crippen LogP contribution >= 0.6 is 47.8 Å². The molecule has 0 spiro atoms. The second kappa shape index (κ2) is 7.94. The Hall–Kier alpha value is -1.12. The molecule has 0 radical (unpaired) electrons. The third kappa shape index (κ3) is 4.96. The third-order valence-electron chi connectivity index (χ3n) is 2.49. The second-order valence-electron chi connectivity index (χ2n) is 4.29. The molecule has 0 fully saturated rings. The summed E-state index contributed by atoms with van der Waals surface area (Å²) in [6, 6.07) is 7.34. The summed E-state index contributed by atoms with van der Waals surface area (Å²) in [7, 11) is 0. The number of aryl methyl sites for hydroxylation is 1. The number of hydrogen-bond acceptors (Lipinski definition) is 4. The summed E-state index contributed by atoms with van der Waals surface area (Å²) in [5.74, 6) is 0.735. The van der Waals surface area contributed by atoms with Crippen LogP contribution in [0.3, 0.4) is 0 Å². The van der Waals surface area contributed by atoms with Crippen molar-refractivity contribution in [1.82, 2.24) is 5.43 Å². The third-order valence-corrected chi connectivity index (χ3v) is 4.82. The van der Waals surface area contributed by atoms with Crippen LogP contribution in [0.25, 0.3) is 0 Å². The number of halogens is 3. The zero-order chi connectivity index (χ0) is 16.1. The molecular weight excluding hydrogens is 484 g/mol. The van der Waals surface area contributed by atoms with Crippen molar-refractivity contribution in [2.24, 2.45) is 5.10 Å². The Morgan fingerprint density at radius 2 is 2.09 bits per heavy atom. The largest absolute Gasteiger partial charge is 0.483 e. The lowest BCUT2D eigenvalue weighted by Crippen LogP contribution is -2.24. The van der Waals surface area contributed by atoms with Gasteiger partial charge in [-0.2, -0.15) is 5.10 Å². The highest BCUT2D eigenvalue weighted by Crippen LogP contribution is 2.26. The van der Waals surface area contributed by atoms with E-state index in [4.69, 9.17) is 9.15 Å². The fourth-order valence-electron chi connectivity index (χ4n) is 1.49. The number of hydrazone groups is 1. The quantitative estimate of drug-likeness (QED) is 0.495. The number of nitrogens with zero attached hydrogens (tertiary/aromatic N) is 1. The van der Waals surface area contributed by atoms with Gasteiger partial charge < -0.3 is 9.15 Å². The molecule has 1 heterocycles. The number of amides is 1. The molecule has 116 valence electrons. The first-order chi connectivity index (χ1) is 10.5. The average molecular weight is 495 g/mol. The monoisotopic (exact) mass is 492 g/mol. The molecule has 2 rings (SSSR count). The predicted octanol–water partition coefficient (Wildman–Crippen LogP) is 4.40. The molecule has 0 aliphatic heterocycles. The van der Waals surface area contributed by atoms with Gasteiger partial charge in [0.05, 0.1) is 15.2 Å². The smallest absolute Gasteiger partial charge is 0.277 e. The lowest BCUT2D eigenvalue weighted by atomic mass is 10.2. The maximum atomic E-state index is 11.6. The van der Waals surface area contributed by atoms with E-state index in [1.54, 1.807) is 12.1 Å². The molecule has 0 aliphatic rings. The van der Waals surface area contributed by atoms with Crippen LogP contribution in [0.4, 0.5) is 0 Å². The van der Waals surface area contributed by atoms with Crippen LogP contribution in [0.15, 0.2) is 47.4 Å². The lowest BCUT2D eigenvalue weighted by Gasteiger charge is -2.07. The van der Waals surface area contributed by atoms with Gasteiger partial charge in [-0.25, -0.2) is 5.43 Å². The molecule has 0 atom stereocenters.